The Hall–Kier alpha value is -1.83. The van der Waals surface area contributed by atoms with Gasteiger partial charge in [-0.25, -0.2) is 0 Å². The molecule has 4 nitrogen and oxygen atoms in total. The van der Waals surface area contributed by atoms with Crippen molar-refractivity contribution in [2.45, 2.75) is 33.3 Å². The average molecular weight is 289 g/mol. The first kappa shape index (κ1) is 17.2. The minimum absolute atomic E-state index is 0.0208. The summed E-state index contributed by atoms with van der Waals surface area (Å²) in [6, 6.07) is 5.57. The summed E-state index contributed by atoms with van der Waals surface area (Å²) in [5.41, 5.74) is 2.24. The van der Waals surface area contributed by atoms with Gasteiger partial charge in [0.25, 0.3) is 5.91 Å². The summed E-state index contributed by atoms with van der Waals surface area (Å²) in [5, 5.41) is 11.6. The molecule has 0 bridgehead atoms. The second-order valence-corrected chi connectivity index (χ2v) is 5.00. The van der Waals surface area contributed by atoms with Gasteiger partial charge in [-0.05, 0) is 32.9 Å². The van der Waals surface area contributed by atoms with Crippen LogP contribution >= 0.6 is 0 Å². The van der Waals surface area contributed by atoms with E-state index in [4.69, 9.17) is 9.84 Å². The second kappa shape index (κ2) is 9.17. The number of benzene rings is 1. The number of aliphatic hydroxyl groups excluding tert-OH is 1. The lowest BCUT2D eigenvalue weighted by Crippen LogP contribution is -2.28. The van der Waals surface area contributed by atoms with Gasteiger partial charge in [-0.3, -0.25) is 4.79 Å². The molecule has 0 spiro atoms. The number of carbonyl (C=O) groups is 1. The molecule has 0 aliphatic rings. The van der Waals surface area contributed by atoms with Crippen molar-refractivity contribution in [3.63, 3.8) is 0 Å². The lowest BCUT2D eigenvalue weighted by molar-refractivity contribution is 0.0746. The van der Waals surface area contributed by atoms with Crippen LogP contribution in [-0.2, 0) is 4.74 Å². The summed E-state index contributed by atoms with van der Waals surface area (Å²) >= 11 is 0. The number of hydrogen-bond donors (Lipinski definition) is 2. The smallest absolute Gasteiger partial charge is 0.252 e. The van der Waals surface area contributed by atoms with Crippen molar-refractivity contribution >= 4 is 5.91 Å². The fourth-order valence-electron chi connectivity index (χ4n) is 1.72. The van der Waals surface area contributed by atoms with E-state index < -0.39 is 0 Å². The largest absolute Gasteiger partial charge is 0.395 e. The Kier molecular flexibility index (Phi) is 7.52. The molecule has 0 fully saturated rings. The molecule has 0 atom stereocenters. The highest BCUT2D eigenvalue weighted by molar-refractivity contribution is 5.96. The third-order valence-electron chi connectivity index (χ3n) is 2.72. The molecule has 0 radical (unpaired) electrons. The zero-order chi connectivity index (χ0) is 15.7. The van der Waals surface area contributed by atoms with Crippen LogP contribution in [0.3, 0.4) is 0 Å². The molecule has 21 heavy (non-hydrogen) atoms. The van der Waals surface area contributed by atoms with Crippen LogP contribution in [0.15, 0.2) is 18.2 Å². The topological polar surface area (TPSA) is 58.6 Å². The number of aliphatic hydroxyl groups is 1. The normalized spacial score (nSPS) is 10.1. The van der Waals surface area contributed by atoms with Gasteiger partial charge >= 0.3 is 0 Å². The van der Waals surface area contributed by atoms with Crippen molar-refractivity contribution < 1.29 is 14.6 Å². The van der Waals surface area contributed by atoms with Crippen LogP contribution in [0.1, 0.15) is 41.8 Å². The second-order valence-electron chi connectivity index (χ2n) is 5.00. The summed E-state index contributed by atoms with van der Waals surface area (Å²) in [5.74, 6) is 5.62. The molecular formula is C17H23NO3. The van der Waals surface area contributed by atoms with Gasteiger partial charge in [0.1, 0.15) is 0 Å². The van der Waals surface area contributed by atoms with Crippen LogP contribution < -0.4 is 5.32 Å². The number of rotatable bonds is 6. The van der Waals surface area contributed by atoms with E-state index in [1.165, 1.54) is 0 Å². The van der Waals surface area contributed by atoms with E-state index in [0.29, 0.717) is 30.7 Å². The third-order valence-corrected chi connectivity index (χ3v) is 2.72. The Morgan fingerprint density at radius 3 is 2.86 bits per heavy atom. The Balaban J connectivity index is 2.73. The molecule has 0 saturated carbocycles. The zero-order valence-corrected chi connectivity index (χ0v) is 12.9. The van der Waals surface area contributed by atoms with E-state index in [1.54, 1.807) is 0 Å². The third kappa shape index (κ3) is 6.44. The van der Waals surface area contributed by atoms with Gasteiger partial charge in [-0.1, -0.05) is 23.5 Å². The molecule has 1 aromatic carbocycles. The molecule has 4 heteroatoms. The lowest BCUT2D eigenvalue weighted by Gasteiger charge is -2.10. The van der Waals surface area contributed by atoms with Gasteiger partial charge in [-0.2, -0.15) is 0 Å². The van der Waals surface area contributed by atoms with E-state index in [-0.39, 0.29) is 18.6 Å². The summed E-state index contributed by atoms with van der Waals surface area (Å²) in [6.45, 7) is 6.82. The summed E-state index contributed by atoms with van der Waals surface area (Å²) < 4.78 is 5.39. The lowest BCUT2D eigenvalue weighted by atomic mass is 10.0. The summed E-state index contributed by atoms with van der Waals surface area (Å²) in [4.78, 5) is 12.2. The van der Waals surface area contributed by atoms with E-state index in [1.807, 2.05) is 39.0 Å². The molecule has 0 unspecified atom stereocenters. The molecule has 2 N–H and O–H groups in total. The molecule has 0 aliphatic carbocycles. The number of amides is 1. The number of hydrogen-bond acceptors (Lipinski definition) is 3. The molecular weight excluding hydrogens is 266 g/mol. The van der Waals surface area contributed by atoms with Gasteiger partial charge in [0, 0.05) is 18.5 Å². The van der Waals surface area contributed by atoms with Crippen LogP contribution in [-0.4, -0.2) is 36.9 Å². The maximum absolute atomic E-state index is 12.2. The Morgan fingerprint density at radius 2 is 2.19 bits per heavy atom. The first-order chi connectivity index (χ1) is 10.0. The first-order valence-electron chi connectivity index (χ1n) is 7.14. The molecule has 0 aliphatic heterocycles. The van der Waals surface area contributed by atoms with Crippen molar-refractivity contribution in [3.8, 4) is 11.8 Å². The molecule has 0 aromatic heterocycles. The molecule has 0 saturated heterocycles. The number of nitrogens with one attached hydrogen (secondary N) is 1. The fraction of sp³-hybridized carbons (Fsp3) is 0.471. The van der Waals surface area contributed by atoms with Crippen LogP contribution in [0.25, 0.3) is 0 Å². The number of aryl methyl sites for hydroxylation is 1. The minimum Gasteiger partial charge on any atom is -0.395 e. The Bertz CT molecular complexity index is 527. The first-order valence-corrected chi connectivity index (χ1v) is 7.14. The van der Waals surface area contributed by atoms with Gasteiger partial charge < -0.3 is 15.2 Å². The van der Waals surface area contributed by atoms with Crippen molar-refractivity contribution in [2.24, 2.45) is 0 Å². The quantitative estimate of drug-likeness (QED) is 0.621. The van der Waals surface area contributed by atoms with E-state index in [2.05, 4.69) is 17.2 Å². The SMILES string of the molecule is Cc1ccc(C#CCCO)c(C(=O)NCCOC(C)C)c1. The average Bonchev–Trinajstić information content (AvgIpc) is 2.45. The summed E-state index contributed by atoms with van der Waals surface area (Å²) in [7, 11) is 0. The predicted molar refractivity (Wildman–Crippen MR) is 83.2 cm³/mol. The zero-order valence-electron chi connectivity index (χ0n) is 12.9. The fourth-order valence-corrected chi connectivity index (χ4v) is 1.72. The van der Waals surface area contributed by atoms with Crippen molar-refractivity contribution in [1.29, 1.82) is 0 Å². The van der Waals surface area contributed by atoms with Gasteiger partial charge in [0.2, 0.25) is 0 Å². The molecule has 1 aromatic rings. The molecule has 1 rings (SSSR count). The minimum atomic E-state index is -0.153. The summed E-state index contributed by atoms with van der Waals surface area (Å²) in [6.07, 6.45) is 0.553. The van der Waals surface area contributed by atoms with Crippen molar-refractivity contribution in [2.75, 3.05) is 19.8 Å². The van der Waals surface area contributed by atoms with Crippen molar-refractivity contribution in [3.05, 3.63) is 34.9 Å². The van der Waals surface area contributed by atoms with Crippen LogP contribution in [0.4, 0.5) is 0 Å². The standard InChI is InChI=1S/C17H23NO3/c1-13(2)21-11-9-18-17(20)16-12-14(3)7-8-15(16)6-4-5-10-19/h7-8,12-13,19H,5,9-11H2,1-3H3,(H,18,20). The van der Waals surface area contributed by atoms with Crippen LogP contribution in [0.2, 0.25) is 0 Å². The van der Waals surface area contributed by atoms with Crippen molar-refractivity contribution in [1.82, 2.24) is 5.32 Å². The van der Waals surface area contributed by atoms with Gasteiger partial charge in [0.05, 0.1) is 24.9 Å². The van der Waals surface area contributed by atoms with Crippen LogP contribution in [0, 0.1) is 18.8 Å². The molecule has 114 valence electrons. The van der Waals surface area contributed by atoms with Gasteiger partial charge in [0.15, 0.2) is 0 Å². The van der Waals surface area contributed by atoms with E-state index >= 15 is 0 Å². The number of ether oxygens (including phenoxy) is 1. The highest BCUT2D eigenvalue weighted by atomic mass is 16.5. The Labute approximate surface area is 126 Å². The maximum atomic E-state index is 12.2. The molecule has 1 amide bonds. The monoisotopic (exact) mass is 289 g/mol. The highest BCUT2D eigenvalue weighted by Gasteiger charge is 2.10. The number of carbonyl (C=O) groups excluding carboxylic acids is 1. The predicted octanol–water partition coefficient (Wildman–Crippen LogP) is 1.88. The Morgan fingerprint density at radius 1 is 1.43 bits per heavy atom. The maximum Gasteiger partial charge on any atom is 0.252 e. The molecule has 0 heterocycles. The van der Waals surface area contributed by atoms with E-state index in [0.717, 1.165) is 5.56 Å². The van der Waals surface area contributed by atoms with Crippen LogP contribution in [0.5, 0.6) is 0 Å². The highest BCUT2D eigenvalue weighted by Crippen LogP contribution is 2.11. The van der Waals surface area contributed by atoms with E-state index in [9.17, 15) is 4.79 Å². The van der Waals surface area contributed by atoms with Gasteiger partial charge in [-0.15, -0.1) is 0 Å².